The number of nitrogens with one attached hydrogen (secondary N) is 1. The van der Waals surface area contributed by atoms with Gasteiger partial charge in [0, 0.05) is 86.6 Å². The SMILES string of the molecule is CC(C)(C)OC(=O)N1CCC(C2CCN(c3ccc(C4=NCCO4)cc3)CC2)CC1.CC(C)(C)OC(=O)N1CCC(C2CCN(c3ccc(NC(=O)c4nccs4)cc3)CC2)CC1. The van der Waals surface area contributed by atoms with E-state index in [4.69, 9.17) is 14.2 Å². The molecular weight excluding hydrogens is 815 g/mol. The highest BCUT2D eigenvalue weighted by Gasteiger charge is 2.34. The van der Waals surface area contributed by atoms with Gasteiger partial charge in [-0.3, -0.25) is 4.79 Å². The lowest BCUT2D eigenvalue weighted by Crippen LogP contribution is -2.44. The van der Waals surface area contributed by atoms with E-state index in [1.54, 1.807) is 11.6 Å². The molecule has 0 unspecified atom stereocenters. The average Bonchev–Trinajstić information content (AvgIpc) is 4.03. The lowest BCUT2D eigenvalue weighted by atomic mass is 9.79. The van der Waals surface area contributed by atoms with Crippen LogP contribution >= 0.6 is 11.3 Å². The van der Waals surface area contributed by atoms with Gasteiger partial charge >= 0.3 is 12.2 Å². The molecule has 0 aliphatic carbocycles. The summed E-state index contributed by atoms with van der Waals surface area (Å²) in [4.78, 5) is 53.9. The van der Waals surface area contributed by atoms with Crippen molar-refractivity contribution in [2.75, 3.05) is 80.6 Å². The number of hydrogen-bond donors (Lipinski definition) is 1. The summed E-state index contributed by atoms with van der Waals surface area (Å²) in [5.74, 6) is 3.51. The summed E-state index contributed by atoms with van der Waals surface area (Å²) >= 11 is 1.33. The third-order valence-corrected chi connectivity index (χ3v) is 13.7. The van der Waals surface area contributed by atoms with Crippen LogP contribution < -0.4 is 15.1 Å². The van der Waals surface area contributed by atoms with Crippen LogP contribution in [0.1, 0.15) is 108 Å². The molecule has 0 spiro atoms. The number of nitrogens with zero attached hydrogens (tertiary/aromatic N) is 6. The number of likely N-dealkylation sites (tertiary alicyclic amines) is 2. The zero-order chi connectivity index (χ0) is 44.6. The summed E-state index contributed by atoms with van der Waals surface area (Å²) in [5.41, 5.74) is 3.48. The van der Waals surface area contributed by atoms with E-state index < -0.39 is 11.2 Å². The third kappa shape index (κ3) is 13.1. The molecule has 5 aliphatic heterocycles. The van der Waals surface area contributed by atoms with E-state index in [2.05, 4.69) is 61.5 Å². The van der Waals surface area contributed by atoms with Crippen LogP contribution in [0.3, 0.4) is 0 Å². The monoisotopic (exact) mass is 884 g/mol. The number of rotatable bonds is 7. The first-order valence-corrected chi connectivity index (χ1v) is 24.1. The van der Waals surface area contributed by atoms with Crippen molar-refractivity contribution in [3.8, 4) is 0 Å². The Morgan fingerprint density at radius 1 is 0.635 bits per heavy atom. The van der Waals surface area contributed by atoms with Crippen molar-refractivity contribution in [3.05, 3.63) is 70.7 Å². The van der Waals surface area contributed by atoms with E-state index in [0.717, 1.165) is 119 Å². The molecule has 1 aromatic heterocycles. The molecule has 0 saturated carbocycles. The van der Waals surface area contributed by atoms with Crippen molar-refractivity contribution in [1.29, 1.82) is 0 Å². The van der Waals surface area contributed by atoms with Gasteiger partial charge in [0.15, 0.2) is 5.01 Å². The number of thiazole rings is 1. The molecule has 0 bridgehead atoms. The molecule has 3 aromatic rings. The van der Waals surface area contributed by atoms with Crippen LogP contribution in [0, 0.1) is 23.7 Å². The van der Waals surface area contributed by atoms with E-state index in [0.29, 0.717) is 17.5 Å². The minimum atomic E-state index is -0.439. The number of ether oxygens (including phenoxy) is 3. The maximum atomic E-state index is 12.3. The summed E-state index contributed by atoms with van der Waals surface area (Å²) in [6.07, 6.45) is 10.4. The molecule has 0 atom stereocenters. The molecule has 14 heteroatoms. The number of anilines is 3. The molecule has 1 N–H and O–H groups in total. The summed E-state index contributed by atoms with van der Waals surface area (Å²) in [6.45, 7) is 20.5. The van der Waals surface area contributed by atoms with Gasteiger partial charge in [-0.15, -0.1) is 11.3 Å². The molecule has 13 nitrogen and oxygen atoms in total. The molecule has 4 fully saturated rings. The number of aromatic nitrogens is 1. The first-order valence-electron chi connectivity index (χ1n) is 23.2. The zero-order valence-corrected chi connectivity index (χ0v) is 39.2. The summed E-state index contributed by atoms with van der Waals surface area (Å²) in [7, 11) is 0. The second-order valence-electron chi connectivity index (χ2n) is 19.7. The Hall–Kier alpha value is -4.85. The van der Waals surface area contributed by atoms with Crippen LogP contribution in [-0.4, -0.2) is 115 Å². The maximum Gasteiger partial charge on any atom is 0.410 e. The van der Waals surface area contributed by atoms with Gasteiger partial charge in [-0.1, -0.05) is 0 Å². The lowest BCUT2D eigenvalue weighted by Gasteiger charge is -2.41. The predicted molar refractivity (Wildman–Crippen MR) is 251 cm³/mol. The smallest absolute Gasteiger partial charge is 0.410 e. The van der Waals surface area contributed by atoms with Gasteiger partial charge in [-0.25, -0.2) is 19.6 Å². The van der Waals surface area contributed by atoms with Crippen molar-refractivity contribution in [2.24, 2.45) is 28.7 Å². The summed E-state index contributed by atoms with van der Waals surface area (Å²) in [6, 6.07) is 16.7. The molecule has 3 amide bonds. The Balaban J connectivity index is 0.000000190. The normalized spacial score (nSPS) is 19.7. The Morgan fingerprint density at radius 2 is 1.06 bits per heavy atom. The fourth-order valence-corrected chi connectivity index (χ4v) is 10.1. The van der Waals surface area contributed by atoms with E-state index in [9.17, 15) is 14.4 Å². The first-order chi connectivity index (χ1) is 30.2. The van der Waals surface area contributed by atoms with E-state index in [1.807, 2.05) is 63.5 Å². The Labute approximate surface area is 378 Å². The van der Waals surface area contributed by atoms with E-state index in [-0.39, 0.29) is 18.1 Å². The quantitative estimate of drug-likeness (QED) is 0.247. The Morgan fingerprint density at radius 3 is 1.44 bits per heavy atom. The molecule has 342 valence electrons. The fraction of sp³-hybridized carbons (Fsp3) is 0.612. The summed E-state index contributed by atoms with van der Waals surface area (Å²) in [5, 5.41) is 5.17. The molecular formula is C49H69N7O6S. The number of carbonyl (C=O) groups excluding carboxylic acids is 3. The Bertz CT molecular complexity index is 1960. The number of carbonyl (C=O) groups is 3. The molecule has 8 rings (SSSR count). The van der Waals surface area contributed by atoms with E-state index in [1.165, 1.54) is 48.4 Å². The third-order valence-electron chi connectivity index (χ3n) is 13.0. The average molecular weight is 884 g/mol. The number of benzene rings is 2. The minimum Gasteiger partial charge on any atom is -0.476 e. The summed E-state index contributed by atoms with van der Waals surface area (Å²) < 4.78 is 16.6. The van der Waals surface area contributed by atoms with Gasteiger partial charge in [0.05, 0.1) is 6.54 Å². The van der Waals surface area contributed by atoms with Crippen molar-refractivity contribution >= 4 is 52.4 Å². The Kier molecular flexibility index (Phi) is 15.2. The molecule has 6 heterocycles. The van der Waals surface area contributed by atoms with Crippen LogP contribution in [0.5, 0.6) is 0 Å². The molecule has 2 aromatic carbocycles. The topological polar surface area (TPSA) is 129 Å². The van der Waals surface area contributed by atoms with Crippen LogP contribution in [0.4, 0.5) is 26.7 Å². The van der Waals surface area contributed by atoms with Crippen molar-refractivity contribution in [2.45, 2.75) is 104 Å². The minimum absolute atomic E-state index is 0.159. The largest absolute Gasteiger partial charge is 0.476 e. The first kappa shape index (κ1) is 46.2. The van der Waals surface area contributed by atoms with Gasteiger partial charge in [0.25, 0.3) is 5.91 Å². The number of amides is 3. The standard InChI is InChI=1S/C25H34N4O3S.C24H35N3O3/c1-25(2,3)32-24(31)29-15-10-19(11-16-29)18-8-13-28(14-9-18)21-6-4-20(5-7-21)27-22(30)23-26-12-17-33-23;1-24(2,3)30-23(28)27-15-10-19(11-16-27)18-8-13-26(14-9-18)21-6-4-20(5-7-21)22-25-12-17-29-22/h4-7,12,17-19H,8-11,13-16H2,1-3H3,(H,27,30);4-7,18-19H,8-17H2,1-3H3. The van der Waals surface area contributed by atoms with Crippen molar-refractivity contribution in [1.82, 2.24) is 14.8 Å². The molecule has 0 radical (unpaired) electrons. The molecule has 5 aliphatic rings. The maximum absolute atomic E-state index is 12.3. The van der Waals surface area contributed by atoms with Crippen LogP contribution in [0.2, 0.25) is 0 Å². The van der Waals surface area contributed by atoms with E-state index >= 15 is 0 Å². The zero-order valence-electron chi connectivity index (χ0n) is 38.4. The number of hydrogen-bond acceptors (Lipinski definition) is 11. The van der Waals surface area contributed by atoms with Gasteiger partial charge in [0.1, 0.15) is 17.8 Å². The number of aliphatic imine (C=N–C) groups is 1. The van der Waals surface area contributed by atoms with Crippen molar-refractivity contribution in [3.63, 3.8) is 0 Å². The molecule has 4 saturated heterocycles. The fourth-order valence-electron chi connectivity index (χ4n) is 9.62. The highest BCUT2D eigenvalue weighted by Crippen LogP contribution is 2.36. The molecule has 63 heavy (non-hydrogen) atoms. The van der Waals surface area contributed by atoms with Gasteiger partial charge in [0.2, 0.25) is 5.90 Å². The van der Waals surface area contributed by atoms with Gasteiger partial charge in [-0.2, -0.15) is 0 Å². The van der Waals surface area contributed by atoms with Crippen LogP contribution in [0.25, 0.3) is 0 Å². The number of piperidine rings is 4. The predicted octanol–water partition coefficient (Wildman–Crippen LogP) is 9.59. The van der Waals surface area contributed by atoms with Crippen LogP contribution in [0.15, 0.2) is 65.1 Å². The van der Waals surface area contributed by atoms with Gasteiger partial charge < -0.3 is 39.1 Å². The second-order valence-corrected chi connectivity index (χ2v) is 20.6. The van der Waals surface area contributed by atoms with Crippen molar-refractivity contribution < 1.29 is 28.6 Å². The highest BCUT2D eigenvalue weighted by atomic mass is 32.1. The van der Waals surface area contributed by atoms with Crippen LogP contribution in [-0.2, 0) is 14.2 Å². The second kappa shape index (κ2) is 20.8. The highest BCUT2D eigenvalue weighted by molar-refractivity contribution is 7.11. The van der Waals surface area contributed by atoms with Gasteiger partial charge in [-0.05, 0) is 165 Å². The lowest BCUT2D eigenvalue weighted by molar-refractivity contribution is 0.0142.